The summed E-state index contributed by atoms with van der Waals surface area (Å²) in [5.41, 5.74) is 2.08. The molecule has 1 saturated heterocycles. The molecule has 25 heavy (non-hydrogen) atoms. The average Bonchev–Trinajstić information content (AvgIpc) is 2.99. The van der Waals surface area contributed by atoms with E-state index in [1.807, 2.05) is 24.3 Å². The van der Waals surface area contributed by atoms with Gasteiger partial charge in [-0.25, -0.2) is 4.39 Å². The smallest absolute Gasteiger partial charge is 0.256 e. The summed E-state index contributed by atoms with van der Waals surface area (Å²) >= 11 is 0. The van der Waals surface area contributed by atoms with Crippen LogP contribution in [-0.4, -0.2) is 34.8 Å². The number of nitrogens with one attached hydrogen (secondary N) is 2. The SMILES string of the molecule is O=C(Nc1ccc(F)cc1)C1CN(C(=O)c2c[nH]c3ccccc23)C1. The molecule has 6 heteroatoms. The molecule has 1 fully saturated rings. The molecular formula is C19H16FN3O2. The summed E-state index contributed by atoms with van der Waals surface area (Å²) in [5, 5.41) is 3.63. The van der Waals surface area contributed by atoms with Crippen molar-refractivity contribution in [3.63, 3.8) is 0 Å². The van der Waals surface area contributed by atoms with Crippen molar-refractivity contribution in [2.45, 2.75) is 0 Å². The van der Waals surface area contributed by atoms with Crippen LogP contribution >= 0.6 is 0 Å². The molecule has 0 radical (unpaired) electrons. The van der Waals surface area contributed by atoms with Crippen LogP contribution in [0.1, 0.15) is 10.4 Å². The second-order valence-corrected chi connectivity index (χ2v) is 6.15. The lowest BCUT2D eigenvalue weighted by atomic mass is 9.97. The van der Waals surface area contributed by atoms with Crippen molar-refractivity contribution in [2.75, 3.05) is 18.4 Å². The zero-order valence-electron chi connectivity index (χ0n) is 13.3. The first-order valence-electron chi connectivity index (χ1n) is 8.03. The number of H-pyrrole nitrogens is 1. The molecule has 4 rings (SSSR count). The summed E-state index contributed by atoms with van der Waals surface area (Å²) in [6.45, 7) is 0.761. The Kier molecular flexibility index (Phi) is 3.72. The number of fused-ring (bicyclic) bond motifs is 1. The summed E-state index contributed by atoms with van der Waals surface area (Å²) in [6, 6.07) is 13.2. The highest BCUT2D eigenvalue weighted by Crippen LogP contribution is 2.24. The maximum absolute atomic E-state index is 12.9. The number of likely N-dealkylation sites (tertiary alicyclic amines) is 1. The first-order chi connectivity index (χ1) is 12.1. The molecular weight excluding hydrogens is 321 g/mol. The Morgan fingerprint density at radius 3 is 2.56 bits per heavy atom. The zero-order chi connectivity index (χ0) is 17.4. The molecule has 0 unspecified atom stereocenters. The highest BCUT2D eigenvalue weighted by atomic mass is 19.1. The second-order valence-electron chi connectivity index (χ2n) is 6.15. The van der Waals surface area contributed by atoms with E-state index >= 15 is 0 Å². The summed E-state index contributed by atoms with van der Waals surface area (Å²) < 4.78 is 12.9. The van der Waals surface area contributed by atoms with Crippen molar-refractivity contribution in [2.24, 2.45) is 5.92 Å². The minimum atomic E-state index is -0.350. The third-order valence-electron chi connectivity index (χ3n) is 4.47. The summed E-state index contributed by atoms with van der Waals surface area (Å²) in [6.07, 6.45) is 1.71. The van der Waals surface area contributed by atoms with E-state index in [4.69, 9.17) is 0 Å². The third-order valence-corrected chi connectivity index (χ3v) is 4.47. The molecule has 0 aliphatic carbocycles. The summed E-state index contributed by atoms with van der Waals surface area (Å²) in [7, 11) is 0. The van der Waals surface area contributed by atoms with E-state index in [1.54, 1.807) is 11.1 Å². The molecule has 0 spiro atoms. The van der Waals surface area contributed by atoms with Crippen molar-refractivity contribution < 1.29 is 14.0 Å². The average molecular weight is 337 g/mol. The number of hydrogen-bond acceptors (Lipinski definition) is 2. The van der Waals surface area contributed by atoms with Gasteiger partial charge in [-0.3, -0.25) is 9.59 Å². The van der Waals surface area contributed by atoms with Crippen molar-refractivity contribution in [1.82, 2.24) is 9.88 Å². The Balaban J connectivity index is 1.39. The Labute approximate surface area is 143 Å². The Hall–Kier alpha value is -3.15. The quantitative estimate of drug-likeness (QED) is 0.771. The summed E-state index contributed by atoms with van der Waals surface area (Å²) in [5.74, 6) is -0.839. The fourth-order valence-electron chi connectivity index (χ4n) is 3.01. The molecule has 0 bridgehead atoms. The van der Waals surface area contributed by atoms with Crippen LogP contribution in [-0.2, 0) is 4.79 Å². The van der Waals surface area contributed by atoms with Gasteiger partial charge in [0.05, 0.1) is 11.5 Å². The van der Waals surface area contributed by atoms with Crippen LogP contribution in [0, 0.1) is 11.7 Å². The monoisotopic (exact) mass is 337 g/mol. The van der Waals surface area contributed by atoms with Gasteiger partial charge in [-0.05, 0) is 30.3 Å². The molecule has 2 N–H and O–H groups in total. The number of benzene rings is 2. The first kappa shape index (κ1) is 15.4. The standard InChI is InChI=1S/C19H16FN3O2/c20-13-5-7-14(8-6-13)22-18(24)12-10-23(11-12)19(25)16-9-21-17-4-2-1-3-15(16)17/h1-9,12,21H,10-11H2,(H,22,24). The number of halogens is 1. The van der Waals surface area contributed by atoms with E-state index in [2.05, 4.69) is 10.3 Å². The first-order valence-corrected chi connectivity index (χ1v) is 8.03. The van der Waals surface area contributed by atoms with Crippen LogP contribution in [0.25, 0.3) is 10.9 Å². The second kappa shape index (κ2) is 6.05. The minimum absolute atomic E-state index is 0.0803. The van der Waals surface area contributed by atoms with E-state index in [0.717, 1.165) is 10.9 Å². The molecule has 0 saturated carbocycles. The molecule has 1 aromatic heterocycles. The van der Waals surface area contributed by atoms with Gasteiger partial charge in [0.1, 0.15) is 5.82 Å². The highest BCUT2D eigenvalue weighted by molar-refractivity contribution is 6.07. The number of anilines is 1. The number of aromatic amines is 1. The lowest BCUT2D eigenvalue weighted by Gasteiger charge is -2.38. The Morgan fingerprint density at radius 1 is 1.08 bits per heavy atom. The fraction of sp³-hybridized carbons (Fsp3) is 0.158. The molecule has 2 heterocycles. The minimum Gasteiger partial charge on any atom is -0.360 e. The van der Waals surface area contributed by atoms with Crippen LogP contribution in [0.2, 0.25) is 0 Å². The molecule has 0 atom stereocenters. The molecule has 2 amide bonds. The fourth-order valence-corrected chi connectivity index (χ4v) is 3.01. The van der Waals surface area contributed by atoms with E-state index in [1.165, 1.54) is 24.3 Å². The number of carbonyl (C=O) groups excluding carboxylic acids is 2. The van der Waals surface area contributed by atoms with Gasteiger partial charge in [0.15, 0.2) is 0 Å². The number of nitrogens with zero attached hydrogens (tertiary/aromatic N) is 1. The van der Waals surface area contributed by atoms with Crippen LogP contribution in [0.5, 0.6) is 0 Å². The molecule has 3 aromatic rings. The largest absolute Gasteiger partial charge is 0.360 e. The molecule has 2 aromatic carbocycles. The molecule has 1 aliphatic rings. The molecule has 5 nitrogen and oxygen atoms in total. The van der Waals surface area contributed by atoms with E-state index in [-0.39, 0.29) is 23.5 Å². The van der Waals surface area contributed by atoms with Crippen molar-refractivity contribution in [1.29, 1.82) is 0 Å². The summed E-state index contributed by atoms with van der Waals surface area (Å²) in [4.78, 5) is 29.5. The number of carbonyl (C=O) groups is 2. The number of para-hydroxylation sites is 1. The van der Waals surface area contributed by atoms with Gasteiger partial charge in [-0.15, -0.1) is 0 Å². The lowest BCUT2D eigenvalue weighted by molar-refractivity contribution is -0.123. The van der Waals surface area contributed by atoms with Gasteiger partial charge in [-0.2, -0.15) is 0 Å². The van der Waals surface area contributed by atoms with E-state index in [0.29, 0.717) is 24.3 Å². The highest BCUT2D eigenvalue weighted by Gasteiger charge is 2.36. The zero-order valence-corrected chi connectivity index (χ0v) is 13.3. The van der Waals surface area contributed by atoms with Gasteiger partial charge in [-0.1, -0.05) is 18.2 Å². The maximum atomic E-state index is 12.9. The number of rotatable bonds is 3. The van der Waals surface area contributed by atoms with Gasteiger partial charge >= 0.3 is 0 Å². The number of hydrogen-bond donors (Lipinski definition) is 2. The van der Waals surface area contributed by atoms with Crippen molar-refractivity contribution in [3.8, 4) is 0 Å². The Morgan fingerprint density at radius 2 is 1.80 bits per heavy atom. The predicted molar refractivity (Wildman–Crippen MR) is 92.7 cm³/mol. The van der Waals surface area contributed by atoms with Gasteiger partial charge in [0.25, 0.3) is 5.91 Å². The topological polar surface area (TPSA) is 65.2 Å². The Bertz CT molecular complexity index is 943. The van der Waals surface area contributed by atoms with E-state index in [9.17, 15) is 14.0 Å². The maximum Gasteiger partial charge on any atom is 0.256 e. The molecule has 1 aliphatic heterocycles. The third kappa shape index (κ3) is 2.87. The van der Waals surface area contributed by atoms with Crippen LogP contribution in [0.4, 0.5) is 10.1 Å². The van der Waals surface area contributed by atoms with Crippen molar-refractivity contribution in [3.05, 3.63) is 66.1 Å². The van der Waals surface area contributed by atoms with Crippen LogP contribution in [0.15, 0.2) is 54.7 Å². The van der Waals surface area contributed by atoms with Gasteiger partial charge < -0.3 is 15.2 Å². The van der Waals surface area contributed by atoms with Crippen molar-refractivity contribution >= 4 is 28.4 Å². The number of amides is 2. The van der Waals surface area contributed by atoms with E-state index < -0.39 is 0 Å². The van der Waals surface area contributed by atoms with Gasteiger partial charge in [0.2, 0.25) is 5.91 Å². The predicted octanol–water partition coefficient (Wildman–Crippen LogP) is 3.02. The van der Waals surface area contributed by atoms with Crippen LogP contribution < -0.4 is 5.32 Å². The molecule has 126 valence electrons. The van der Waals surface area contributed by atoms with Crippen LogP contribution in [0.3, 0.4) is 0 Å². The van der Waals surface area contributed by atoms with Gasteiger partial charge in [0, 0.05) is 35.9 Å². The normalized spacial score (nSPS) is 14.4. The number of aromatic nitrogens is 1. The lowest BCUT2D eigenvalue weighted by Crippen LogP contribution is -2.54.